The first kappa shape index (κ1) is 14.9. The van der Waals surface area contributed by atoms with E-state index in [1.54, 1.807) is 7.11 Å². The molecule has 2 N–H and O–H groups in total. The molecule has 1 heterocycles. The molecule has 1 rings (SSSR count). The van der Waals surface area contributed by atoms with Crippen molar-refractivity contribution in [3.63, 3.8) is 0 Å². The van der Waals surface area contributed by atoms with Gasteiger partial charge in [0.05, 0.1) is 6.61 Å². The second-order valence-electron chi connectivity index (χ2n) is 5.48. The van der Waals surface area contributed by atoms with Crippen molar-refractivity contribution >= 4 is 0 Å². The molecule has 0 spiro atoms. The van der Waals surface area contributed by atoms with E-state index in [-0.39, 0.29) is 0 Å². The Balaban J connectivity index is 2.50. The lowest BCUT2D eigenvalue weighted by molar-refractivity contribution is 0.0862. The van der Waals surface area contributed by atoms with Crippen LogP contribution >= 0.6 is 0 Å². The van der Waals surface area contributed by atoms with Crippen LogP contribution in [-0.4, -0.2) is 44.3 Å². The van der Waals surface area contributed by atoms with E-state index >= 15 is 0 Å². The maximum Gasteiger partial charge on any atom is 0.0503 e. The van der Waals surface area contributed by atoms with Crippen LogP contribution in [0, 0.1) is 11.8 Å². The molecule has 0 radical (unpaired) electrons. The highest BCUT2D eigenvalue weighted by Crippen LogP contribution is 2.23. The number of hydrogen-bond donors (Lipinski definition) is 1. The van der Waals surface area contributed by atoms with Gasteiger partial charge in [-0.15, -0.1) is 0 Å². The van der Waals surface area contributed by atoms with Gasteiger partial charge in [0.25, 0.3) is 0 Å². The van der Waals surface area contributed by atoms with Crippen LogP contribution in [0.4, 0.5) is 0 Å². The predicted molar refractivity (Wildman–Crippen MR) is 73.1 cm³/mol. The fraction of sp³-hybridized carbons (Fsp3) is 1.00. The summed E-state index contributed by atoms with van der Waals surface area (Å²) in [7, 11) is 1.78. The van der Waals surface area contributed by atoms with Gasteiger partial charge in [-0.3, -0.25) is 4.90 Å². The Hall–Kier alpha value is -0.120. The third kappa shape index (κ3) is 4.57. The molecule has 0 aromatic heterocycles. The van der Waals surface area contributed by atoms with Gasteiger partial charge < -0.3 is 10.5 Å². The zero-order valence-corrected chi connectivity index (χ0v) is 11.8. The van der Waals surface area contributed by atoms with Crippen LogP contribution in [0.2, 0.25) is 0 Å². The third-order valence-electron chi connectivity index (χ3n) is 4.26. The number of methoxy groups -OCH3 is 1. The molecular weight excluding hydrogens is 212 g/mol. The lowest BCUT2D eigenvalue weighted by Crippen LogP contribution is -2.46. The molecule has 3 unspecified atom stereocenters. The number of ether oxygens (including phenoxy) is 1. The van der Waals surface area contributed by atoms with Crippen LogP contribution < -0.4 is 5.73 Å². The van der Waals surface area contributed by atoms with E-state index in [0.717, 1.165) is 19.1 Å². The summed E-state index contributed by atoms with van der Waals surface area (Å²) in [5, 5.41) is 0. The van der Waals surface area contributed by atoms with Gasteiger partial charge in [-0.1, -0.05) is 20.3 Å². The number of nitrogens with two attached hydrogens (primary N) is 1. The molecule has 0 aliphatic carbocycles. The number of nitrogens with zero attached hydrogens (tertiary/aromatic N) is 1. The normalized spacial score (nSPS) is 26.5. The Morgan fingerprint density at radius 1 is 1.35 bits per heavy atom. The van der Waals surface area contributed by atoms with Crippen LogP contribution in [0.5, 0.6) is 0 Å². The van der Waals surface area contributed by atoms with Crippen LogP contribution in [-0.2, 0) is 4.74 Å². The van der Waals surface area contributed by atoms with Crippen LogP contribution in [0.3, 0.4) is 0 Å². The van der Waals surface area contributed by atoms with E-state index in [2.05, 4.69) is 18.7 Å². The molecule has 1 fully saturated rings. The summed E-state index contributed by atoms with van der Waals surface area (Å²) in [5.74, 6) is 1.46. The second kappa shape index (κ2) is 8.06. The molecule has 1 aliphatic heterocycles. The van der Waals surface area contributed by atoms with Crippen LogP contribution in [0.25, 0.3) is 0 Å². The average molecular weight is 242 g/mol. The topological polar surface area (TPSA) is 38.5 Å². The van der Waals surface area contributed by atoms with Gasteiger partial charge in [-0.25, -0.2) is 0 Å². The van der Waals surface area contributed by atoms with Crippen molar-refractivity contribution in [2.75, 3.05) is 33.4 Å². The first-order valence-electron chi connectivity index (χ1n) is 7.15. The molecule has 1 saturated heterocycles. The summed E-state index contributed by atoms with van der Waals surface area (Å²) < 4.78 is 5.27. The molecular formula is C14H30N2O. The summed E-state index contributed by atoms with van der Waals surface area (Å²) in [4.78, 5) is 2.60. The Labute approximate surface area is 107 Å². The van der Waals surface area contributed by atoms with Crippen LogP contribution in [0.1, 0.15) is 39.5 Å². The molecule has 0 aromatic carbocycles. The molecule has 3 nitrogen and oxygen atoms in total. The number of hydrogen-bond acceptors (Lipinski definition) is 3. The summed E-state index contributed by atoms with van der Waals surface area (Å²) >= 11 is 0. The van der Waals surface area contributed by atoms with E-state index in [4.69, 9.17) is 10.5 Å². The van der Waals surface area contributed by atoms with Gasteiger partial charge in [0.2, 0.25) is 0 Å². The molecule has 17 heavy (non-hydrogen) atoms. The van der Waals surface area contributed by atoms with Gasteiger partial charge in [0.15, 0.2) is 0 Å². The van der Waals surface area contributed by atoms with E-state index in [9.17, 15) is 0 Å². The Bertz CT molecular complexity index is 199. The Kier molecular flexibility index (Phi) is 7.09. The predicted octanol–water partition coefficient (Wildman–Crippen LogP) is 2.11. The van der Waals surface area contributed by atoms with Crippen molar-refractivity contribution in [2.24, 2.45) is 17.6 Å². The highest BCUT2D eigenvalue weighted by molar-refractivity contribution is 4.80. The van der Waals surface area contributed by atoms with Crippen molar-refractivity contribution in [1.82, 2.24) is 4.90 Å². The third-order valence-corrected chi connectivity index (χ3v) is 4.26. The molecule has 0 aromatic rings. The molecule has 3 atom stereocenters. The van der Waals surface area contributed by atoms with Crippen molar-refractivity contribution < 1.29 is 4.74 Å². The highest BCUT2D eigenvalue weighted by atomic mass is 16.5. The van der Waals surface area contributed by atoms with Gasteiger partial charge in [-0.05, 0) is 44.2 Å². The first-order chi connectivity index (χ1) is 8.22. The molecule has 102 valence electrons. The lowest BCUT2D eigenvalue weighted by atomic mass is 9.98. The summed E-state index contributed by atoms with van der Waals surface area (Å²) in [6.45, 7) is 8.56. The van der Waals surface area contributed by atoms with Gasteiger partial charge in [-0.2, -0.15) is 0 Å². The lowest BCUT2D eigenvalue weighted by Gasteiger charge is -2.34. The van der Waals surface area contributed by atoms with E-state index in [0.29, 0.717) is 12.0 Å². The van der Waals surface area contributed by atoms with Gasteiger partial charge >= 0.3 is 0 Å². The summed E-state index contributed by atoms with van der Waals surface area (Å²) in [5.41, 5.74) is 5.96. The zero-order valence-electron chi connectivity index (χ0n) is 11.8. The molecule has 1 aliphatic rings. The standard InChI is InChI=1S/C14H30N2O/c1-4-13-6-5-8-16(9-7-13)14(10-15)12(2)11-17-3/h12-14H,4-11,15H2,1-3H3. The monoisotopic (exact) mass is 242 g/mol. The fourth-order valence-corrected chi connectivity index (χ4v) is 3.04. The van der Waals surface area contributed by atoms with E-state index in [1.165, 1.54) is 38.8 Å². The minimum absolute atomic E-state index is 0.491. The smallest absolute Gasteiger partial charge is 0.0503 e. The van der Waals surface area contributed by atoms with E-state index < -0.39 is 0 Å². The van der Waals surface area contributed by atoms with Gasteiger partial charge in [0.1, 0.15) is 0 Å². The first-order valence-corrected chi connectivity index (χ1v) is 7.15. The van der Waals surface area contributed by atoms with E-state index in [1.807, 2.05) is 0 Å². The van der Waals surface area contributed by atoms with Crippen LogP contribution in [0.15, 0.2) is 0 Å². The van der Waals surface area contributed by atoms with Crippen molar-refractivity contribution in [2.45, 2.75) is 45.6 Å². The maximum absolute atomic E-state index is 5.96. The minimum Gasteiger partial charge on any atom is -0.384 e. The zero-order chi connectivity index (χ0) is 12.7. The highest BCUT2D eigenvalue weighted by Gasteiger charge is 2.25. The maximum atomic E-state index is 5.96. The van der Waals surface area contributed by atoms with Gasteiger partial charge in [0, 0.05) is 19.7 Å². The summed E-state index contributed by atoms with van der Waals surface area (Å²) in [6, 6.07) is 0.491. The molecule has 0 amide bonds. The molecule has 3 heteroatoms. The number of rotatable bonds is 6. The largest absolute Gasteiger partial charge is 0.384 e. The Morgan fingerprint density at radius 3 is 2.71 bits per heavy atom. The SMILES string of the molecule is CCC1CCCN(C(CN)C(C)COC)CC1. The average Bonchev–Trinajstić information content (AvgIpc) is 2.56. The molecule has 0 bridgehead atoms. The summed E-state index contributed by atoms with van der Waals surface area (Å²) in [6.07, 6.45) is 5.39. The number of likely N-dealkylation sites (tertiary alicyclic amines) is 1. The van der Waals surface area contributed by atoms with Crippen molar-refractivity contribution in [3.05, 3.63) is 0 Å². The molecule has 0 saturated carbocycles. The Morgan fingerprint density at radius 2 is 2.12 bits per heavy atom. The van der Waals surface area contributed by atoms with Crippen molar-refractivity contribution in [1.29, 1.82) is 0 Å². The second-order valence-corrected chi connectivity index (χ2v) is 5.48. The fourth-order valence-electron chi connectivity index (χ4n) is 3.04. The van der Waals surface area contributed by atoms with Crippen molar-refractivity contribution in [3.8, 4) is 0 Å². The minimum atomic E-state index is 0.491. The quantitative estimate of drug-likeness (QED) is 0.775.